The molecule has 1 aromatic heterocycles. The van der Waals surface area contributed by atoms with Gasteiger partial charge < -0.3 is 10.6 Å². The molecular weight excluding hydrogens is 253 g/mol. The lowest BCUT2D eigenvalue weighted by atomic mass is 10.0. The Bertz CT molecular complexity index is 612. The van der Waals surface area contributed by atoms with E-state index in [2.05, 4.69) is 34.1 Å². The molecule has 0 amide bonds. The highest BCUT2D eigenvalue weighted by atomic mass is 19.1. The van der Waals surface area contributed by atoms with Gasteiger partial charge in [-0.3, -0.25) is 0 Å². The first-order valence-electron chi connectivity index (χ1n) is 6.94. The molecule has 0 fully saturated rings. The van der Waals surface area contributed by atoms with E-state index in [0.717, 1.165) is 37.3 Å². The maximum atomic E-state index is 13.3. The molecule has 1 aromatic carbocycles. The fraction of sp³-hybridized carbons (Fsp3) is 0.312. The second kappa shape index (κ2) is 5.59. The van der Waals surface area contributed by atoms with Gasteiger partial charge in [0.1, 0.15) is 11.6 Å². The van der Waals surface area contributed by atoms with Crippen LogP contribution >= 0.6 is 0 Å². The molecule has 0 unspecified atom stereocenters. The van der Waals surface area contributed by atoms with Crippen molar-refractivity contribution >= 4 is 5.82 Å². The van der Waals surface area contributed by atoms with Crippen LogP contribution in [0.4, 0.5) is 10.2 Å². The van der Waals surface area contributed by atoms with Gasteiger partial charge in [0.2, 0.25) is 0 Å². The van der Waals surface area contributed by atoms with Crippen molar-refractivity contribution in [3.05, 3.63) is 59.0 Å². The Morgan fingerprint density at radius 2 is 2.05 bits per heavy atom. The summed E-state index contributed by atoms with van der Waals surface area (Å²) in [5.41, 5.74) is 9.21. The number of halogens is 1. The molecule has 0 radical (unpaired) electrons. The number of hydrogen-bond donors (Lipinski definition) is 1. The van der Waals surface area contributed by atoms with Crippen LogP contribution in [-0.2, 0) is 19.5 Å². The number of rotatable bonds is 2. The lowest BCUT2D eigenvalue weighted by molar-refractivity contribution is 0.616. The predicted molar refractivity (Wildman–Crippen MR) is 77.9 cm³/mol. The van der Waals surface area contributed by atoms with E-state index in [9.17, 15) is 4.39 Å². The number of hydrogen-bond acceptors (Lipinski definition) is 3. The van der Waals surface area contributed by atoms with Crippen LogP contribution in [0.25, 0.3) is 0 Å². The van der Waals surface area contributed by atoms with E-state index in [1.807, 2.05) is 0 Å². The summed E-state index contributed by atoms with van der Waals surface area (Å²) in [6.07, 6.45) is 3.41. The van der Waals surface area contributed by atoms with E-state index in [1.54, 1.807) is 0 Å². The zero-order valence-corrected chi connectivity index (χ0v) is 11.3. The van der Waals surface area contributed by atoms with Crippen LogP contribution in [0.2, 0.25) is 0 Å². The van der Waals surface area contributed by atoms with Crippen LogP contribution < -0.4 is 10.6 Å². The molecular formula is C16H18FN3. The van der Waals surface area contributed by atoms with Gasteiger partial charge in [-0.2, -0.15) is 0 Å². The first-order valence-corrected chi connectivity index (χ1v) is 6.94. The molecule has 0 bridgehead atoms. The normalized spacial score (nSPS) is 14.8. The average molecular weight is 271 g/mol. The molecule has 1 aliphatic heterocycles. The third kappa shape index (κ3) is 2.51. The Balaban J connectivity index is 1.95. The SMILES string of the molecule is NCc1cc(F)cnc1N1CCCc2ccccc2C1. The zero-order valence-electron chi connectivity index (χ0n) is 11.3. The van der Waals surface area contributed by atoms with Crippen LogP contribution in [0.15, 0.2) is 36.5 Å². The van der Waals surface area contributed by atoms with Gasteiger partial charge in [-0.05, 0) is 30.0 Å². The summed E-state index contributed by atoms with van der Waals surface area (Å²) in [5.74, 6) is 0.482. The number of anilines is 1. The highest BCUT2D eigenvalue weighted by molar-refractivity contribution is 5.48. The summed E-state index contributed by atoms with van der Waals surface area (Å²) >= 11 is 0. The third-order valence-electron chi connectivity index (χ3n) is 3.78. The quantitative estimate of drug-likeness (QED) is 0.913. The molecule has 1 aliphatic rings. The van der Waals surface area contributed by atoms with Gasteiger partial charge in [0, 0.05) is 25.2 Å². The molecule has 20 heavy (non-hydrogen) atoms. The predicted octanol–water partition coefficient (Wildman–Crippen LogP) is 2.63. The fourth-order valence-electron chi connectivity index (χ4n) is 2.79. The summed E-state index contributed by atoms with van der Waals surface area (Å²) in [4.78, 5) is 6.46. The van der Waals surface area contributed by atoms with Crippen LogP contribution in [0, 0.1) is 5.82 Å². The van der Waals surface area contributed by atoms with Gasteiger partial charge in [-0.1, -0.05) is 24.3 Å². The molecule has 3 nitrogen and oxygen atoms in total. The van der Waals surface area contributed by atoms with Gasteiger partial charge in [-0.25, -0.2) is 9.37 Å². The van der Waals surface area contributed by atoms with E-state index in [0.29, 0.717) is 6.54 Å². The van der Waals surface area contributed by atoms with E-state index in [1.165, 1.54) is 23.4 Å². The molecule has 2 N–H and O–H groups in total. The summed E-state index contributed by atoms with van der Waals surface area (Å²) in [5, 5.41) is 0. The second-order valence-electron chi connectivity index (χ2n) is 5.13. The number of nitrogens with zero attached hydrogens (tertiary/aromatic N) is 2. The molecule has 104 valence electrons. The van der Waals surface area contributed by atoms with Gasteiger partial charge in [0.25, 0.3) is 0 Å². The number of pyridine rings is 1. The largest absolute Gasteiger partial charge is 0.352 e. The summed E-state index contributed by atoms with van der Waals surface area (Å²) in [7, 11) is 0. The van der Waals surface area contributed by atoms with Crippen molar-refractivity contribution in [1.82, 2.24) is 4.98 Å². The Kier molecular flexibility index (Phi) is 3.65. The van der Waals surface area contributed by atoms with Crippen LogP contribution in [0.5, 0.6) is 0 Å². The minimum atomic E-state index is -0.329. The Morgan fingerprint density at radius 3 is 2.85 bits per heavy atom. The number of benzene rings is 1. The van der Waals surface area contributed by atoms with Gasteiger partial charge in [0.15, 0.2) is 0 Å². The smallest absolute Gasteiger partial charge is 0.141 e. The van der Waals surface area contributed by atoms with Crippen LogP contribution in [0.1, 0.15) is 23.1 Å². The molecule has 0 spiro atoms. The highest BCUT2D eigenvalue weighted by Crippen LogP contribution is 2.25. The highest BCUT2D eigenvalue weighted by Gasteiger charge is 2.18. The number of aromatic nitrogens is 1. The standard InChI is InChI=1S/C16H18FN3/c17-15-8-14(9-18)16(19-10-15)20-7-3-6-12-4-1-2-5-13(12)11-20/h1-2,4-5,8,10H,3,6-7,9,11,18H2. The maximum Gasteiger partial charge on any atom is 0.141 e. The monoisotopic (exact) mass is 271 g/mol. The van der Waals surface area contributed by atoms with Crippen molar-refractivity contribution in [3.8, 4) is 0 Å². The summed E-state index contributed by atoms with van der Waals surface area (Å²) in [6.45, 7) is 2.03. The van der Waals surface area contributed by atoms with Crippen molar-refractivity contribution < 1.29 is 4.39 Å². The van der Waals surface area contributed by atoms with Gasteiger partial charge in [-0.15, -0.1) is 0 Å². The topological polar surface area (TPSA) is 42.1 Å². The lowest BCUT2D eigenvalue weighted by Crippen LogP contribution is -2.25. The fourth-order valence-corrected chi connectivity index (χ4v) is 2.79. The van der Waals surface area contributed by atoms with Crippen molar-refractivity contribution in [1.29, 1.82) is 0 Å². The Hall–Kier alpha value is -1.94. The van der Waals surface area contributed by atoms with E-state index >= 15 is 0 Å². The molecule has 0 aliphatic carbocycles. The summed E-state index contributed by atoms with van der Waals surface area (Å²) in [6, 6.07) is 9.96. The Morgan fingerprint density at radius 1 is 1.25 bits per heavy atom. The van der Waals surface area contributed by atoms with Crippen molar-refractivity contribution in [3.63, 3.8) is 0 Å². The molecule has 3 rings (SSSR count). The maximum absolute atomic E-state index is 13.3. The second-order valence-corrected chi connectivity index (χ2v) is 5.13. The third-order valence-corrected chi connectivity index (χ3v) is 3.78. The molecule has 2 aromatic rings. The molecule has 0 saturated heterocycles. The van der Waals surface area contributed by atoms with Crippen molar-refractivity contribution in [2.45, 2.75) is 25.9 Å². The van der Waals surface area contributed by atoms with E-state index in [4.69, 9.17) is 5.73 Å². The first-order chi connectivity index (χ1) is 9.78. The minimum Gasteiger partial charge on any atom is -0.352 e. The molecule has 0 atom stereocenters. The number of nitrogens with two attached hydrogens (primary N) is 1. The van der Waals surface area contributed by atoms with Crippen LogP contribution in [-0.4, -0.2) is 11.5 Å². The summed E-state index contributed by atoms with van der Waals surface area (Å²) < 4.78 is 13.3. The number of fused-ring (bicyclic) bond motifs is 1. The van der Waals surface area contributed by atoms with E-state index < -0.39 is 0 Å². The van der Waals surface area contributed by atoms with Gasteiger partial charge >= 0.3 is 0 Å². The average Bonchev–Trinajstić information content (AvgIpc) is 2.69. The van der Waals surface area contributed by atoms with Crippen molar-refractivity contribution in [2.75, 3.05) is 11.4 Å². The van der Waals surface area contributed by atoms with Gasteiger partial charge in [0.05, 0.1) is 6.20 Å². The minimum absolute atomic E-state index is 0.304. The number of aryl methyl sites for hydroxylation is 1. The van der Waals surface area contributed by atoms with Crippen LogP contribution in [0.3, 0.4) is 0 Å². The zero-order chi connectivity index (χ0) is 13.9. The van der Waals surface area contributed by atoms with E-state index in [-0.39, 0.29) is 5.82 Å². The first kappa shape index (κ1) is 13.1. The molecule has 2 heterocycles. The Labute approximate surface area is 118 Å². The molecule has 4 heteroatoms. The lowest BCUT2D eigenvalue weighted by Gasteiger charge is -2.24. The molecule has 0 saturated carbocycles. The van der Waals surface area contributed by atoms with Crippen molar-refractivity contribution in [2.24, 2.45) is 5.73 Å².